The standard InChI is InChI=1S/C12H12O5/c1-3-17-12(16)8-4-5-9(11(14)15)10(6-8)7(2)13/h4-6H,3H2,1-2H3,(H,14,15). The molecule has 0 aromatic heterocycles. The normalized spacial score (nSPS) is 9.76. The number of ketones is 1. The fourth-order valence-corrected chi connectivity index (χ4v) is 1.36. The number of carbonyl (C=O) groups excluding carboxylic acids is 2. The van der Waals surface area contributed by atoms with E-state index >= 15 is 0 Å². The lowest BCUT2D eigenvalue weighted by Gasteiger charge is -2.06. The maximum absolute atomic E-state index is 11.4. The van der Waals surface area contributed by atoms with Crippen LogP contribution in [0.1, 0.15) is 44.9 Å². The summed E-state index contributed by atoms with van der Waals surface area (Å²) in [6, 6.07) is 3.79. The van der Waals surface area contributed by atoms with Gasteiger partial charge in [0.05, 0.1) is 17.7 Å². The number of hydrogen-bond acceptors (Lipinski definition) is 4. The van der Waals surface area contributed by atoms with Crippen LogP contribution in [0.5, 0.6) is 0 Å². The van der Waals surface area contributed by atoms with Crippen molar-refractivity contribution < 1.29 is 24.2 Å². The number of benzene rings is 1. The molecule has 17 heavy (non-hydrogen) atoms. The van der Waals surface area contributed by atoms with Crippen molar-refractivity contribution in [3.05, 3.63) is 34.9 Å². The number of carboxylic acid groups (broad SMARTS) is 1. The van der Waals surface area contributed by atoms with Gasteiger partial charge in [0.2, 0.25) is 0 Å². The summed E-state index contributed by atoms with van der Waals surface area (Å²) in [7, 11) is 0. The summed E-state index contributed by atoms with van der Waals surface area (Å²) in [5.74, 6) is -2.19. The summed E-state index contributed by atoms with van der Waals surface area (Å²) in [5.41, 5.74) is 0.0515. The lowest BCUT2D eigenvalue weighted by atomic mass is 10.0. The van der Waals surface area contributed by atoms with Gasteiger partial charge >= 0.3 is 11.9 Å². The van der Waals surface area contributed by atoms with Gasteiger partial charge in [-0.1, -0.05) is 0 Å². The van der Waals surface area contributed by atoms with E-state index in [1.807, 2.05) is 0 Å². The van der Waals surface area contributed by atoms with Gasteiger partial charge in [-0.25, -0.2) is 9.59 Å². The molecule has 0 saturated carbocycles. The molecule has 1 rings (SSSR count). The zero-order chi connectivity index (χ0) is 13.0. The van der Waals surface area contributed by atoms with Gasteiger partial charge in [-0.05, 0) is 32.0 Å². The van der Waals surface area contributed by atoms with E-state index in [0.717, 1.165) is 0 Å². The zero-order valence-corrected chi connectivity index (χ0v) is 9.52. The van der Waals surface area contributed by atoms with Crippen LogP contribution < -0.4 is 0 Å². The largest absolute Gasteiger partial charge is 0.478 e. The first-order valence-electron chi connectivity index (χ1n) is 5.02. The van der Waals surface area contributed by atoms with Crippen molar-refractivity contribution in [2.24, 2.45) is 0 Å². The molecule has 0 atom stereocenters. The summed E-state index contributed by atoms with van der Waals surface area (Å²) in [5, 5.41) is 8.88. The monoisotopic (exact) mass is 236 g/mol. The van der Waals surface area contributed by atoms with E-state index in [2.05, 4.69) is 0 Å². The molecular weight excluding hydrogens is 224 g/mol. The molecule has 0 aliphatic carbocycles. The second-order valence-corrected chi connectivity index (χ2v) is 3.34. The van der Waals surface area contributed by atoms with E-state index in [1.165, 1.54) is 25.1 Å². The van der Waals surface area contributed by atoms with Crippen LogP contribution in [0.25, 0.3) is 0 Å². The van der Waals surface area contributed by atoms with Crippen LogP contribution in [0.3, 0.4) is 0 Å². The lowest BCUT2D eigenvalue weighted by molar-refractivity contribution is 0.0525. The first kappa shape index (κ1) is 12.9. The van der Waals surface area contributed by atoms with Gasteiger partial charge in [-0.3, -0.25) is 4.79 Å². The Labute approximate surface area is 98.0 Å². The Morgan fingerprint density at radius 2 is 1.88 bits per heavy atom. The van der Waals surface area contributed by atoms with E-state index in [9.17, 15) is 14.4 Å². The second kappa shape index (κ2) is 5.25. The van der Waals surface area contributed by atoms with Crippen molar-refractivity contribution in [2.45, 2.75) is 13.8 Å². The first-order valence-corrected chi connectivity index (χ1v) is 5.02. The molecule has 1 N–H and O–H groups in total. The summed E-state index contributed by atoms with van der Waals surface area (Å²) >= 11 is 0. The lowest BCUT2D eigenvalue weighted by Crippen LogP contribution is -2.10. The van der Waals surface area contributed by atoms with Gasteiger partial charge in [-0.15, -0.1) is 0 Å². The molecule has 0 saturated heterocycles. The minimum Gasteiger partial charge on any atom is -0.478 e. The number of esters is 1. The Morgan fingerprint density at radius 1 is 1.24 bits per heavy atom. The molecule has 5 heteroatoms. The van der Waals surface area contributed by atoms with E-state index in [0.29, 0.717) is 0 Å². The SMILES string of the molecule is CCOC(=O)c1ccc(C(=O)O)c(C(C)=O)c1. The summed E-state index contributed by atoms with van der Waals surface area (Å²) in [4.78, 5) is 33.6. The molecule has 1 aromatic rings. The highest BCUT2D eigenvalue weighted by atomic mass is 16.5. The predicted molar refractivity (Wildman–Crippen MR) is 59.4 cm³/mol. The Hall–Kier alpha value is -2.17. The molecule has 0 aliphatic heterocycles. The van der Waals surface area contributed by atoms with Gasteiger partial charge in [0, 0.05) is 5.56 Å². The number of aromatic carboxylic acids is 1. The minimum absolute atomic E-state index is 0.00283. The number of hydrogen-bond donors (Lipinski definition) is 1. The molecule has 0 amide bonds. The summed E-state index contributed by atoms with van der Waals surface area (Å²) in [6.45, 7) is 3.13. The molecule has 0 fully saturated rings. The fraction of sp³-hybridized carbons (Fsp3) is 0.250. The average molecular weight is 236 g/mol. The Morgan fingerprint density at radius 3 is 2.35 bits per heavy atom. The molecular formula is C12H12O5. The number of carbonyl (C=O) groups is 3. The molecule has 0 radical (unpaired) electrons. The number of Topliss-reactive ketones (excluding diaryl/α,β-unsaturated/α-hetero) is 1. The van der Waals surface area contributed by atoms with Crippen molar-refractivity contribution in [1.82, 2.24) is 0 Å². The fourth-order valence-electron chi connectivity index (χ4n) is 1.36. The van der Waals surface area contributed by atoms with Crippen LogP contribution in [0, 0.1) is 0 Å². The van der Waals surface area contributed by atoms with Crippen LogP contribution in [-0.2, 0) is 4.74 Å². The molecule has 5 nitrogen and oxygen atoms in total. The third kappa shape index (κ3) is 2.90. The number of rotatable bonds is 4. The highest BCUT2D eigenvalue weighted by molar-refractivity contribution is 6.06. The van der Waals surface area contributed by atoms with Crippen molar-refractivity contribution in [3.63, 3.8) is 0 Å². The smallest absolute Gasteiger partial charge is 0.338 e. The molecule has 90 valence electrons. The quantitative estimate of drug-likeness (QED) is 0.636. The van der Waals surface area contributed by atoms with Gasteiger partial charge in [-0.2, -0.15) is 0 Å². The van der Waals surface area contributed by atoms with Gasteiger partial charge < -0.3 is 9.84 Å². The van der Waals surface area contributed by atoms with Gasteiger partial charge in [0.1, 0.15) is 0 Å². The predicted octanol–water partition coefficient (Wildman–Crippen LogP) is 1.76. The van der Waals surface area contributed by atoms with Crippen molar-refractivity contribution in [1.29, 1.82) is 0 Å². The molecule has 0 aliphatic rings. The Balaban J connectivity index is 3.23. The van der Waals surface area contributed by atoms with E-state index in [-0.39, 0.29) is 23.3 Å². The molecule has 0 heterocycles. The van der Waals surface area contributed by atoms with Crippen molar-refractivity contribution in [3.8, 4) is 0 Å². The molecule has 0 bridgehead atoms. The van der Waals surface area contributed by atoms with Crippen LogP contribution in [0.4, 0.5) is 0 Å². The highest BCUT2D eigenvalue weighted by Gasteiger charge is 2.16. The van der Waals surface area contributed by atoms with Crippen LogP contribution in [0.2, 0.25) is 0 Å². The second-order valence-electron chi connectivity index (χ2n) is 3.34. The van der Waals surface area contributed by atoms with E-state index in [4.69, 9.17) is 9.84 Å². The van der Waals surface area contributed by atoms with Crippen molar-refractivity contribution in [2.75, 3.05) is 6.61 Å². The number of ether oxygens (including phenoxy) is 1. The molecule has 0 unspecified atom stereocenters. The molecule has 1 aromatic carbocycles. The molecule has 0 spiro atoms. The highest BCUT2D eigenvalue weighted by Crippen LogP contribution is 2.14. The average Bonchev–Trinajstić information content (AvgIpc) is 2.28. The summed E-state index contributed by atoms with van der Waals surface area (Å²) < 4.78 is 4.77. The third-order valence-electron chi connectivity index (χ3n) is 2.14. The maximum atomic E-state index is 11.4. The van der Waals surface area contributed by atoms with Crippen LogP contribution >= 0.6 is 0 Å². The number of carboxylic acids is 1. The van der Waals surface area contributed by atoms with Crippen LogP contribution in [-0.4, -0.2) is 29.4 Å². The van der Waals surface area contributed by atoms with Gasteiger partial charge in [0.15, 0.2) is 5.78 Å². The minimum atomic E-state index is -1.20. The first-order chi connectivity index (χ1) is 7.97. The van der Waals surface area contributed by atoms with Crippen LogP contribution in [0.15, 0.2) is 18.2 Å². The van der Waals surface area contributed by atoms with E-state index < -0.39 is 17.7 Å². The zero-order valence-electron chi connectivity index (χ0n) is 9.52. The third-order valence-corrected chi connectivity index (χ3v) is 2.14. The van der Waals surface area contributed by atoms with Gasteiger partial charge in [0.25, 0.3) is 0 Å². The maximum Gasteiger partial charge on any atom is 0.338 e. The van der Waals surface area contributed by atoms with E-state index in [1.54, 1.807) is 6.92 Å². The topological polar surface area (TPSA) is 80.7 Å². The summed E-state index contributed by atoms with van der Waals surface area (Å²) in [6.07, 6.45) is 0. The Bertz CT molecular complexity index is 476. The van der Waals surface area contributed by atoms with Crippen molar-refractivity contribution >= 4 is 17.7 Å². The Kier molecular flexibility index (Phi) is 3.98.